The van der Waals surface area contributed by atoms with Crippen LogP contribution >= 0.6 is 15.9 Å². The zero-order valence-electron chi connectivity index (χ0n) is 8.00. The first-order valence-corrected chi connectivity index (χ1v) is 5.76. The van der Waals surface area contributed by atoms with Crippen molar-refractivity contribution in [2.24, 2.45) is 0 Å². The van der Waals surface area contributed by atoms with E-state index in [9.17, 15) is 4.79 Å². The maximum atomic E-state index is 10.9. The Kier molecular flexibility index (Phi) is 1.96. The molecule has 2 aromatic rings. The van der Waals surface area contributed by atoms with Crippen LogP contribution in [0.25, 0.3) is 11.0 Å². The minimum absolute atomic E-state index is 0.505. The maximum Gasteiger partial charge on any atom is 0.185 e. The normalized spacial score (nSPS) is 15.8. The van der Waals surface area contributed by atoms with E-state index in [1.165, 1.54) is 12.8 Å². The van der Waals surface area contributed by atoms with Gasteiger partial charge in [0.05, 0.1) is 0 Å². The van der Waals surface area contributed by atoms with Gasteiger partial charge in [-0.3, -0.25) is 4.79 Å². The van der Waals surface area contributed by atoms with E-state index in [0.29, 0.717) is 11.7 Å². The summed E-state index contributed by atoms with van der Waals surface area (Å²) in [4.78, 5) is 10.9. The van der Waals surface area contributed by atoms with E-state index in [4.69, 9.17) is 4.42 Å². The first kappa shape index (κ1) is 9.16. The second-order valence-corrected chi connectivity index (χ2v) is 4.83. The molecule has 0 bridgehead atoms. The number of fused-ring (bicyclic) bond motifs is 1. The quantitative estimate of drug-likeness (QED) is 0.771. The average Bonchev–Trinajstić information content (AvgIpc) is 2.99. The molecular weight excluding hydrogens is 256 g/mol. The Bertz CT molecular complexity index is 538. The number of carbonyl (C=O) groups excluding carboxylic acids is 1. The third-order valence-corrected chi connectivity index (χ3v) is 3.31. The number of aldehydes is 1. The molecule has 2 nitrogen and oxygen atoms in total. The van der Waals surface area contributed by atoms with E-state index in [2.05, 4.69) is 15.9 Å². The summed E-state index contributed by atoms with van der Waals surface area (Å²) < 4.78 is 6.51. The number of benzene rings is 1. The molecule has 1 heterocycles. The Hall–Kier alpha value is -1.09. The molecule has 0 saturated heterocycles. The first-order valence-electron chi connectivity index (χ1n) is 4.96. The van der Waals surface area contributed by atoms with Crippen molar-refractivity contribution in [2.45, 2.75) is 18.8 Å². The lowest BCUT2D eigenvalue weighted by Gasteiger charge is -1.94. The molecule has 76 valence electrons. The van der Waals surface area contributed by atoms with Crippen molar-refractivity contribution in [1.29, 1.82) is 0 Å². The van der Waals surface area contributed by atoms with Crippen LogP contribution in [0.4, 0.5) is 0 Å². The molecule has 1 fully saturated rings. The van der Waals surface area contributed by atoms with Gasteiger partial charge in [-0.2, -0.15) is 0 Å². The van der Waals surface area contributed by atoms with E-state index >= 15 is 0 Å². The molecule has 0 spiro atoms. The van der Waals surface area contributed by atoms with E-state index in [1.54, 1.807) is 0 Å². The second kappa shape index (κ2) is 3.20. The molecule has 3 rings (SSSR count). The Labute approximate surface area is 95.4 Å². The van der Waals surface area contributed by atoms with E-state index in [-0.39, 0.29) is 0 Å². The molecule has 0 aliphatic heterocycles. The maximum absolute atomic E-state index is 10.9. The summed E-state index contributed by atoms with van der Waals surface area (Å²) in [6.07, 6.45) is 3.17. The number of furan rings is 1. The summed E-state index contributed by atoms with van der Waals surface area (Å²) in [5, 5.41) is 1.09. The molecule has 0 unspecified atom stereocenters. The van der Waals surface area contributed by atoms with Gasteiger partial charge in [0.15, 0.2) is 12.0 Å². The van der Waals surface area contributed by atoms with Gasteiger partial charge in [-0.05, 0) is 37.0 Å². The third-order valence-electron chi connectivity index (χ3n) is 2.81. The highest BCUT2D eigenvalue weighted by molar-refractivity contribution is 9.10. The molecule has 1 aliphatic carbocycles. The predicted octanol–water partition coefficient (Wildman–Crippen LogP) is 3.89. The zero-order valence-corrected chi connectivity index (χ0v) is 9.58. The van der Waals surface area contributed by atoms with Crippen molar-refractivity contribution < 1.29 is 9.21 Å². The number of hydrogen-bond donors (Lipinski definition) is 0. The van der Waals surface area contributed by atoms with Crippen LogP contribution in [0.3, 0.4) is 0 Å². The van der Waals surface area contributed by atoms with Crippen molar-refractivity contribution >= 4 is 33.2 Å². The molecule has 0 N–H and O–H groups in total. The van der Waals surface area contributed by atoms with Crippen LogP contribution < -0.4 is 0 Å². The van der Waals surface area contributed by atoms with Gasteiger partial charge < -0.3 is 4.42 Å². The summed E-state index contributed by atoms with van der Waals surface area (Å²) >= 11 is 3.39. The van der Waals surface area contributed by atoms with E-state index in [0.717, 1.165) is 27.3 Å². The molecule has 1 aromatic heterocycles. The van der Waals surface area contributed by atoms with Crippen LogP contribution in [-0.4, -0.2) is 6.29 Å². The topological polar surface area (TPSA) is 30.2 Å². The number of hydrogen-bond acceptors (Lipinski definition) is 2. The van der Waals surface area contributed by atoms with Gasteiger partial charge in [-0.25, -0.2) is 0 Å². The molecule has 1 saturated carbocycles. The van der Waals surface area contributed by atoms with Crippen molar-refractivity contribution in [1.82, 2.24) is 0 Å². The Morgan fingerprint density at radius 1 is 1.40 bits per heavy atom. The fourth-order valence-corrected chi connectivity index (χ4v) is 2.33. The van der Waals surface area contributed by atoms with Crippen LogP contribution in [0.1, 0.15) is 34.9 Å². The average molecular weight is 265 g/mol. The Morgan fingerprint density at radius 2 is 2.20 bits per heavy atom. The smallest absolute Gasteiger partial charge is 0.185 e. The summed E-state index contributed by atoms with van der Waals surface area (Å²) in [6, 6.07) is 5.91. The highest BCUT2D eigenvalue weighted by Gasteiger charge is 2.30. The van der Waals surface area contributed by atoms with Crippen molar-refractivity contribution in [3.05, 3.63) is 34.0 Å². The summed E-state index contributed by atoms with van der Waals surface area (Å²) in [5.41, 5.74) is 1.90. The third kappa shape index (κ3) is 1.42. The van der Waals surface area contributed by atoms with Crippen molar-refractivity contribution in [2.75, 3.05) is 0 Å². The lowest BCUT2D eigenvalue weighted by molar-refractivity contribution is 0.110. The van der Waals surface area contributed by atoms with Gasteiger partial charge in [-0.1, -0.05) is 15.9 Å². The van der Waals surface area contributed by atoms with Gasteiger partial charge >= 0.3 is 0 Å². The minimum Gasteiger partial charge on any atom is -0.453 e. The molecule has 0 radical (unpaired) electrons. The van der Waals surface area contributed by atoms with Crippen LogP contribution in [0.15, 0.2) is 27.1 Å². The molecular formula is C12H9BrO2. The van der Waals surface area contributed by atoms with Gasteiger partial charge in [0.25, 0.3) is 0 Å². The van der Waals surface area contributed by atoms with Crippen LogP contribution in [0, 0.1) is 0 Å². The Balaban J connectivity index is 2.33. The fourth-order valence-electron chi connectivity index (χ4n) is 1.99. The van der Waals surface area contributed by atoms with E-state index in [1.807, 2.05) is 18.2 Å². The molecule has 1 aromatic carbocycles. The molecule has 0 atom stereocenters. The highest BCUT2D eigenvalue weighted by Crippen LogP contribution is 2.45. The van der Waals surface area contributed by atoms with Crippen molar-refractivity contribution in [3.63, 3.8) is 0 Å². The molecule has 0 amide bonds. The van der Waals surface area contributed by atoms with Gasteiger partial charge in [0, 0.05) is 15.4 Å². The van der Waals surface area contributed by atoms with Gasteiger partial charge in [0.1, 0.15) is 5.58 Å². The molecule has 1 aliphatic rings. The summed E-state index contributed by atoms with van der Waals surface area (Å²) in [6.45, 7) is 0. The predicted molar refractivity (Wildman–Crippen MR) is 61.3 cm³/mol. The molecule has 15 heavy (non-hydrogen) atoms. The van der Waals surface area contributed by atoms with Crippen molar-refractivity contribution in [3.8, 4) is 0 Å². The van der Waals surface area contributed by atoms with Crippen LogP contribution in [0.2, 0.25) is 0 Å². The largest absolute Gasteiger partial charge is 0.453 e. The Morgan fingerprint density at radius 3 is 2.87 bits per heavy atom. The van der Waals surface area contributed by atoms with E-state index < -0.39 is 0 Å². The molecule has 3 heteroatoms. The van der Waals surface area contributed by atoms with Crippen LogP contribution in [-0.2, 0) is 0 Å². The second-order valence-electron chi connectivity index (χ2n) is 3.91. The lowest BCUT2D eigenvalue weighted by Crippen LogP contribution is -1.83. The standard InChI is InChI=1S/C12H9BrO2/c13-8-3-4-9-10(5-8)15-11(6-14)12(9)7-1-2-7/h3-7H,1-2H2. The highest BCUT2D eigenvalue weighted by atomic mass is 79.9. The summed E-state index contributed by atoms with van der Waals surface area (Å²) in [5.74, 6) is 1.04. The monoisotopic (exact) mass is 264 g/mol. The number of halogens is 1. The van der Waals surface area contributed by atoms with Gasteiger partial charge in [-0.15, -0.1) is 0 Å². The SMILES string of the molecule is O=Cc1oc2cc(Br)ccc2c1C1CC1. The zero-order chi connectivity index (χ0) is 10.4. The fraction of sp³-hybridized carbons (Fsp3) is 0.250. The number of carbonyl (C=O) groups is 1. The minimum atomic E-state index is 0.505. The first-order chi connectivity index (χ1) is 7.29. The number of rotatable bonds is 2. The van der Waals surface area contributed by atoms with Gasteiger partial charge in [0.2, 0.25) is 0 Å². The lowest BCUT2D eigenvalue weighted by atomic mass is 10.1. The summed E-state index contributed by atoms with van der Waals surface area (Å²) in [7, 11) is 0. The van der Waals surface area contributed by atoms with Crippen LogP contribution in [0.5, 0.6) is 0 Å².